The van der Waals surface area contributed by atoms with Crippen molar-refractivity contribution >= 4 is 23.3 Å². The highest BCUT2D eigenvalue weighted by molar-refractivity contribution is 5.95. The van der Waals surface area contributed by atoms with Gasteiger partial charge in [-0.2, -0.15) is 5.10 Å². The molecule has 1 aliphatic heterocycles. The third-order valence-corrected chi connectivity index (χ3v) is 3.50. The number of carbonyl (C=O) groups is 2. The van der Waals surface area contributed by atoms with Crippen LogP contribution in [0.25, 0.3) is 0 Å². The Morgan fingerprint density at radius 1 is 1.41 bits per heavy atom. The van der Waals surface area contributed by atoms with Gasteiger partial charge in [0.25, 0.3) is 0 Å². The number of anilines is 2. The number of hydrogen-bond donors (Lipinski definition) is 3. The van der Waals surface area contributed by atoms with Crippen LogP contribution in [-0.2, 0) is 11.3 Å². The van der Waals surface area contributed by atoms with E-state index < -0.39 is 0 Å². The van der Waals surface area contributed by atoms with E-state index in [-0.39, 0.29) is 11.9 Å². The van der Waals surface area contributed by atoms with Gasteiger partial charge in [0.2, 0.25) is 5.91 Å². The fourth-order valence-corrected chi connectivity index (χ4v) is 2.43. The summed E-state index contributed by atoms with van der Waals surface area (Å²) in [7, 11) is 0. The lowest BCUT2D eigenvalue weighted by Crippen LogP contribution is -2.28. The minimum atomic E-state index is -0.302. The zero-order valence-corrected chi connectivity index (χ0v) is 12.0. The zero-order chi connectivity index (χ0) is 15.4. The minimum Gasteiger partial charge on any atom is -0.334 e. The minimum absolute atomic E-state index is 0.155. The van der Waals surface area contributed by atoms with Gasteiger partial charge in [0, 0.05) is 31.4 Å². The van der Waals surface area contributed by atoms with Crippen LogP contribution in [0.2, 0.25) is 0 Å². The van der Waals surface area contributed by atoms with Crippen LogP contribution in [0, 0.1) is 0 Å². The van der Waals surface area contributed by atoms with Crippen molar-refractivity contribution in [3.05, 3.63) is 42.2 Å². The second kappa shape index (κ2) is 6.30. The van der Waals surface area contributed by atoms with Crippen molar-refractivity contribution in [1.29, 1.82) is 0 Å². The predicted octanol–water partition coefficient (Wildman–Crippen LogP) is 1.86. The number of amides is 3. The number of nitrogens with one attached hydrogen (secondary N) is 3. The molecular weight excluding hydrogens is 282 g/mol. The highest BCUT2D eigenvalue weighted by Gasteiger charge is 2.21. The Kier molecular flexibility index (Phi) is 4.04. The molecule has 114 valence electrons. The molecule has 1 aliphatic rings. The largest absolute Gasteiger partial charge is 0.334 e. The summed E-state index contributed by atoms with van der Waals surface area (Å²) < 4.78 is 0. The normalized spacial score (nSPS) is 14.2. The third kappa shape index (κ3) is 3.25. The van der Waals surface area contributed by atoms with E-state index in [9.17, 15) is 9.59 Å². The van der Waals surface area contributed by atoms with Crippen molar-refractivity contribution in [2.75, 3.05) is 16.8 Å². The van der Waals surface area contributed by atoms with Gasteiger partial charge in [0.1, 0.15) is 0 Å². The maximum absolute atomic E-state index is 11.8. The first-order valence-corrected chi connectivity index (χ1v) is 7.15. The molecule has 2 heterocycles. The molecule has 3 N–H and O–H groups in total. The first kappa shape index (κ1) is 14.1. The maximum Gasteiger partial charge on any atom is 0.319 e. The highest BCUT2D eigenvalue weighted by Crippen LogP contribution is 2.22. The van der Waals surface area contributed by atoms with Gasteiger partial charge in [-0.1, -0.05) is 12.1 Å². The van der Waals surface area contributed by atoms with Crippen molar-refractivity contribution in [2.24, 2.45) is 0 Å². The van der Waals surface area contributed by atoms with Crippen LogP contribution in [0.4, 0.5) is 16.2 Å². The molecule has 2 aromatic rings. The number of hydrogen-bond acceptors (Lipinski definition) is 3. The average molecular weight is 299 g/mol. The summed E-state index contributed by atoms with van der Waals surface area (Å²) in [4.78, 5) is 25.3. The molecular formula is C15H17N5O2. The molecule has 7 nitrogen and oxygen atoms in total. The second-order valence-corrected chi connectivity index (χ2v) is 5.11. The highest BCUT2D eigenvalue weighted by atomic mass is 16.2. The lowest BCUT2D eigenvalue weighted by atomic mass is 10.2. The fraction of sp³-hybridized carbons (Fsp3) is 0.267. The van der Waals surface area contributed by atoms with E-state index in [2.05, 4.69) is 20.8 Å². The van der Waals surface area contributed by atoms with Crippen LogP contribution in [-0.4, -0.2) is 28.7 Å². The summed E-state index contributed by atoms with van der Waals surface area (Å²) in [5.41, 5.74) is 2.44. The summed E-state index contributed by atoms with van der Waals surface area (Å²) in [6.45, 7) is 1.15. The van der Waals surface area contributed by atoms with E-state index in [4.69, 9.17) is 0 Å². The quantitative estimate of drug-likeness (QED) is 0.805. The lowest BCUT2D eigenvalue weighted by Gasteiger charge is -2.16. The standard InChI is InChI=1S/C15H17N5O2/c21-14-5-2-6-20(14)13-4-1-3-11(7-13)8-16-15(22)19-12-9-17-18-10-12/h1,3-4,7,9-10H,2,5-6,8H2,(H,17,18)(H2,16,19,22). The van der Waals surface area contributed by atoms with E-state index in [0.29, 0.717) is 18.7 Å². The van der Waals surface area contributed by atoms with E-state index >= 15 is 0 Å². The molecule has 0 bridgehead atoms. The van der Waals surface area contributed by atoms with E-state index in [1.807, 2.05) is 24.3 Å². The van der Waals surface area contributed by atoms with Gasteiger partial charge in [-0.3, -0.25) is 9.89 Å². The fourth-order valence-electron chi connectivity index (χ4n) is 2.43. The molecule has 3 amide bonds. The Labute approximate surface area is 127 Å². The third-order valence-electron chi connectivity index (χ3n) is 3.50. The summed E-state index contributed by atoms with van der Waals surface area (Å²) in [5, 5.41) is 11.8. The number of nitrogens with zero attached hydrogens (tertiary/aromatic N) is 2. The molecule has 0 aliphatic carbocycles. The van der Waals surface area contributed by atoms with Crippen LogP contribution in [0.1, 0.15) is 18.4 Å². The number of H-pyrrole nitrogens is 1. The van der Waals surface area contributed by atoms with Crippen molar-refractivity contribution in [1.82, 2.24) is 15.5 Å². The van der Waals surface area contributed by atoms with Crippen molar-refractivity contribution in [3.8, 4) is 0 Å². The Morgan fingerprint density at radius 3 is 3.05 bits per heavy atom. The molecule has 0 unspecified atom stereocenters. The predicted molar refractivity (Wildman–Crippen MR) is 82.5 cm³/mol. The number of urea groups is 1. The van der Waals surface area contributed by atoms with Gasteiger partial charge in [-0.25, -0.2) is 4.79 Å². The molecule has 0 spiro atoms. The SMILES string of the molecule is O=C(NCc1cccc(N2CCCC2=O)c1)Nc1cn[nH]c1. The molecule has 1 saturated heterocycles. The lowest BCUT2D eigenvalue weighted by molar-refractivity contribution is -0.117. The molecule has 22 heavy (non-hydrogen) atoms. The van der Waals surface area contributed by atoms with Crippen LogP contribution >= 0.6 is 0 Å². The van der Waals surface area contributed by atoms with Gasteiger partial charge < -0.3 is 15.5 Å². The summed E-state index contributed by atoms with van der Waals surface area (Å²) in [6, 6.07) is 7.36. The molecule has 0 atom stereocenters. The molecule has 1 aromatic heterocycles. The average Bonchev–Trinajstić information content (AvgIpc) is 3.17. The first-order chi connectivity index (χ1) is 10.7. The maximum atomic E-state index is 11.8. The monoisotopic (exact) mass is 299 g/mol. The second-order valence-electron chi connectivity index (χ2n) is 5.11. The van der Waals surface area contributed by atoms with Crippen LogP contribution < -0.4 is 15.5 Å². The molecule has 7 heteroatoms. The van der Waals surface area contributed by atoms with E-state index in [1.165, 1.54) is 6.20 Å². The number of rotatable bonds is 4. The number of carbonyl (C=O) groups excluding carboxylic acids is 2. The van der Waals surface area contributed by atoms with Crippen LogP contribution in [0.3, 0.4) is 0 Å². The van der Waals surface area contributed by atoms with Gasteiger partial charge in [0.15, 0.2) is 0 Å². The van der Waals surface area contributed by atoms with Crippen molar-refractivity contribution in [2.45, 2.75) is 19.4 Å². The van der Waals surface area contributed by atoms with Crippen molar-refractivity contribution in [3.63, 3.8) is 0 Å². The molecule has 3 rings (SSSR count). The van der Waals surface area contributed by atoms with Crippen LogP contribution in [0.15, 0.2) is 36.7 Å². The molecule has 1 aromatic carbocycles. The Bertz CT molecular complexity index is 668. The smallest absolute Gasteiger partial charge is 0.319 e. The van der Waals surface area contributed by atoms with E-state index in [0.717, 1.165) is 24.2 Å². The number of aromatic amines is 1. The first-order valence-electron chi connectivity index (χ1n) is 7.15. The summed E-state index contributed by atoms with van der Waals surface area (Å²) >= 11 is 0. The van der Waals surface area contributed by atoms with Gasteiger partial charge in [0.05, 0.1) is 11.9 Å². The van der Waals surface area contributed by atoms with Gasteiger partial charge >= 0.3 is 6.03 Å². The summed E-state index contributed by atoms with van der Waals surface area (Å²) in [6.07, 6.45) is 4.63. The number of benzene rings is 1. The van der Waals surface area contributed by atoms with E-state index in [1.54, 1.807) is 11.1 Å². The van der Waals surface area contributed by atoms with Gasteiger partial charge in [-0.15, -0.1) is 0 Å². The Hall–Kier alpha value is -2.83. The molecule has 1 fully saturated rings. The van der Waals surface area contributed by atoms with Crippen molar-refractivity contribution < 1.29 is 9.59 Å². The summed E-state index contributed by atoms with van der Waals surface area (Å²) in [5.74, 6) is 0.155. The molecule has 0 saturated carbocycles. The molecule has 0 radical (unpaired) electrons. The topological polar surface area (TPSA) is 90.1 Å². The van der Waals surface area contributed by atoms with Crippen LogP contribution in [0.5, 0.6) is 0 Å². The number of aromatic nitrogens is 2. The zero-order valence-electron chi connectivity index (χ0n) is 12.0. The van der Waals surface area contributed by atoms with Gasteiger partial charge in [-0.05, 0) is 24.1 Å². The Morgan fingerprint density at radius 2 is 2.32 bits per heavy atom. The Balaban J connectivity index is 1.58.